The van der Waals surface area contributed by atoms with Crippen molar-refractivity contribution in [2.24, 2.45) is 0 Å². The second kappa shape index (κ2) is 3.80. The SMILES string of the molecule is Cc1nc2nc3ccccc3n2c2c1C(=O)c1ccccc1-2. The zero-order chi connectivity index (χ0) is 14.8. The van der Waals surface area contributed by atoms with Crippen LogP contribution in [0.3, 0.4) is 0 Å². The molecule has 2 aromatic carbocycles. The third kappa shape index (κ3) is 1.25. The van der Waals surface area contributed by atoms with Crippen molar-refractivity contribution in [2.75, 3.05) is 0 Å². The van der Waals surface area contributed by atoms with Crippen LogP contribution in [-0.2, 0) is 0 Å². The van der Waals surface area contributed by atoms with Gasteiger partial charge in [-0.1, -0.05) is 36.4 Å². The van der Waals surface area contributed by atoms with Crippen LogP contribution in [0.2, 0.25) is 0 Å². The summed E-state index contributed by atoms with van der Waals surface area (Å²) in [5.41, 5.74) is 5.91. The second-order valence-electron chi connectivity index (χ2n) is 5.53. The van der Waals surface area contributed by atoms with E-state index in [-0.39, 0.29) is 5.78 Å². The number of aryl methyl sites for hydroxylation is 1. The topological polar surface area (TPSA) is 47.3 Å². The normalized spacial score (nSPS) is 12.9. The van der Waals surface area contributed by atoms with Gasteiger partial charge in [0.25, 0.3) is 0 Å². The average molecular weight is 285 g/mol. The van der Waals surface area contributed by atoms with Gasteiger partial charge in [-0.3, -0.25) is 9.20 Å². The van der Waals surface area contributed by atoms with E-state index in [1.807, 2.05) is 59.9 Å². The molecule has 4 aromatic rings. The summed E-state index contributed by atoms with van der Waals surface area (Å²) in [7, 11) is 0. The Balaban J connectivity index is 2.09. The highest BCUT2D eigenvalue weighted by atomic mass is 16.1. The fourth-order valence-electron chi connectivity index (χ4n) is 3.35. The summed E-state index contributed by atoms with van der Waals surface area (Å²) in [5, 5.41) is 0. The number of benzene rings is 2. The maximum absolute atomic E-state index is 12.7. The molecule has 0 fully saturated rings. The first-order valence-corrected chi connectivity index (χ1v) is 7.17. The Morgan fingerprint density at radius 2 is 1.64 bits per heavy atom. The number of rotatable bonds is 0. The van der Waals surface area contributed by atoms with Crippen molar-refractivity contribution in [3.05, 3.63) is 65.4 Å². The van der Waals surface area contributed by atoms with Crippen LogP contribution in [0.1, 0.15) is 21.6 Å². The number of para-hydroxylation sites is 2. The van der Waals surface area contributed by atoms with Crippen molar-refractivity contribution in [3.63, 3.8) is 0 Å². The van der Waals surface area contributed by atoms with Gasteiger partial charge in [0.15, 0.2) is 5.78 Å². The minimum atomic E-state index is 0.0512. The van der Waals surface area contributed by atoms with Crippen molar-refractivity contribution in [2.45, 2.75) is 6.92 Å². The zero-order valence-electron chi connectivity index (χ0n) is 11.9. The Kier molecular flexibility index (Phi) is 2.01. The molecule has 2 aromatic heterocycles. The maximum atomic E-state index is 12.7. The van der Waals surface area contributed by atoms with Gasteiger partial charge in [0.2, 0.25) is 5.78 Å². The summed E-state index contributed by atoms with van der Waals surface area (Å²) < 4.78 is 2.00. The van der Waals surface area contributed by atoms with E-state index in [1.165, 1.54) is 0 Å². The molecular weight excluding hydrogens is 274 g/mol. The van der Waals surface area contributed by atoms with E-state index in [4.69, 9.17) is 0 Å². The molecule has 0 aliphatic heterocycles. The molecule has 0 N–H and O–H groups in total. The first-order valence-electron chi connectivity index (χ1n) is 7.17. The minimum Gasteiger partial charge on any atom is -0.288 e. The molecule has 104 valence electrons. The Labute approximate surface area is 126 Å². The van der Waals surface area contributed by atoms with Gasteiger partial charge in [0, 0.05) is 11.1 Å². The highest BCUT2D eigenvalue weighted by Crippen LogP contribution is 2.39. The van der Waals surface area contributed by atoms with Crippen LogP contribution < -0.4 is 0 Å². The average Bonchev–Trinajstić information content (AvgIpc) is 3.04. The third-order valence-corrected chi connectivity index (χ3v) is 4.29. The lowest BCUT2D eigenvalue weighted by molar-refractivity contribution is 0.104. The smallest absolute Gasteiger partial charge is 0.235 e. The number of nitrogens with zero attached hydrogens (tertiary/aromatic N) is 3. The molecule has 0 amide bonds. The van der Waals surface area contributed by atoms with Crippen molar-refractivity contribution in [3.8, 4) is 11.3 Å². The number of carbonyl (C=O) groups excluding carboxylic acids is 1. The summed E-state index contributed by atoms with van der Waals surface area (Å²) in [5.74, 6) is 0.692. The largest absolute Gasteiger partial charge is 0.288 e. The van der Waals surface area contributed by atoms with Crippen LogP contribution in [0.5, 0.6) is 0 Å². The van der Waals surface area contributed by atoms with E-state index < -0.39 is 0 Å². The van der Waals surface area contributed by atoms with Crippen molar-refractivity contribution >= 4 is 22.6 Å². The van der Waals surface area contributed by atoms with E-state index in [0.29, 0.717) is 11.3 Å². The standard InChI is InChI=1S/C18H11N3O/c1-10-15-16(11-6-2-3-7-12(11)17(15)22)21-14-9-5-4-8-13(14)20-18(21)19-10/h2-9H,1H3. The van der Waals surface area contributed by atoms with Crippen molar-refractivity contribution in [1.29, 1.82) is 0 Å². The molecule has 0 spiro atoms. The first kappa shape index (κ1) is 11.6. The third-order valence-electron chi connectivity index (χ3n) is 4.29. The Morgan fingerprint density at radius 1 is 0.909 bits per heavy atom. The lowest BCUT2D eigenvalue weighted by Gasteiger charge is -2.07. The molecule has 0 saturated carbocycles. The predicted octanol–water partition coefficient (Wildman–Crippen LogP) is 3.40. The number of fused-ring (bicyclic) bond motifs is 7. The number of imidazole rings is 1. The van der Waals surface area contributed by atoms with Crippen LogP contribution in [0.25, 0.3) is 28.1 Å². The molecule has 1 aliphatic carbocycles. The molecule has 0 bridgehead atoms. The van der Waals surface area contributed by atoms with E-state index in [2.05, 4.69) is 9.97 Å². The summed E-state index contributed by atoms with van der Waals surface area (Å²) in [6.45, 7) is 1.88. The fraction of sp³-hybridized carbons (Fsp3) is 0.0556. The van der Waals surface area contributed by atoms with Crippen LogP contribution in [0.4, 0.5) is 0 Å². The lowest BCUT2D eigenvalue weighted by atomic mass is 10.1. The van der Waals surface area contributed by atoms with Gasteiger partial charge < -0.3 is 0 Å². The molecule has 1 aliphatic rings. The molecule has 0 atom stereocenters. The van der Waals surface area contributed by atoms with Gasteiger partial charge in [-0.15, -0.1) is 0 Å². The van der Waals surface area contributed by atoms with Gasteiger partial charge in [0.1, 0.15) is 0 Å². The summed E-state index contributed by atoms with van der Waals surface area (Å²) in [6.07, 6.45) is 0. The summed E-state index contributed by atoms with van der Waals surface area (Å²) in [6, 6.07) is 15.6. The predicted molar refractivity (Wildman–Crippen MR) is 84.1 cm³/mol. The maximum Gasteiger partial charge on any atom is 0.235 e. The van der Waals surface area contributed by atoms with Crippen molar-refractivity contribution < 1.29 is 4.79 Å². The van der Waals surface area contributed by atoms with E-state index in [1.54, 1.807) is 0 Å². The highest BCUT2D eigenvalue weighted by Gasteiger charge is 2.32. The fourth-order valence-corrected chi connectivity index (χ4v) is 3.35. The number of aromatic nitrogens is 3. The van der Waals surface area contributed by atoms with Gasteiger partial charge >= 0.3 is 0 Å². The molecular formula is C18H11N3O. The number of hydrogen-bond acceptors (Lipinski definition) is 3. The van der Waals surface area contributed by atoms with E-state index in [9.17, 15) is 4.79 Å². The molecule has 22 heavy (non-hydrogen) atoms. The number of hydrogen-bond donors (Lipinski definition) is 0. The van der Waals surface area contributed by atoms with Crippen LogP contribution in [0.15, 0.2) is 48.5 Å². The van der Waals surface area contributed by atoms with Gasteiger partial charge in [-0.05, 0) is 19.1 Å². The summed E-state index contributed by atoms with van der Waals surface area (Å²) in [4.78, 5) is 21.9. The second-order valence-corrected chi connectivity index (χ2v) is 5.53. The number of ketones is 1. The molecule has 4 heteroatoms. The monoisotopic (exact) mass is 285 g/mol. The van der Waals surface area contributed by atoms with Crippen LogP contribution in [0, 0.1) is 6.92 Å². The quantitative estimate of drug-likeness (QED) is 0.438. The zero-order valence-corrected chi connectivity index (χ0v) is 11.9. The Bertz CT molecular complexity index is 1110. The Morgan fingerprint density at radius 3 is 2.50 bits per heavy atom. The molecule has 0 radical (unpaired) electrons. The van der Waals surface area contributed by atoms with Gasteiger partial charge in [0.05, 0.1) is 28.0 Å². The van der Waals surface area contributed by atoms with E-state index in [0.717, 1.165) is 33.5 Å². The van der Waals surface area contributed by atoms with Gasteiger partial charge in [-0.2, -0.15) is 0 Å². The number of carbonyl (C=O) groups is 1. The van der Waals surface area contributed by atoms with Gasteiger partial charge in [-0.25, -0.2) is 9.97 Å². The van der Waals surface area contributed by atoms with E-state index >= 15 is 0 Å². The van der Waals surface area contributed by atoms with Crippen LogP contribution >= 0.6 is 0 Å². The molecule has 0 saturated heterocycles. The molecule has 5 rings (SSSR count). The molecule has 0 unspecified atom stereocenters. The Hall–Kier alpha value is -3.01. The highest BCUT2D eigenvalue weighted by molar-refractivity contribution is 6.22. The van der Waals surface area contributed by atoms with Crippen molar-refractivity contribution in [1.82, 2.24) is 14.4 Å². The first-order chi connectivity index (χ1) is 10.8. The lowest BCUT2D eigenvalue weighted by Crippen LogP contribution is -2.04. The van der Waals surface area contributed by atoms with Crippen LogP contribution in [-0.4, -0.2) is 20.2 Å². The molecule has 2 heterocycles. The minimum absolute atomic E-state index is 0.0512. The summed E-state index contributed by atoms with van der Waals surface area (Å²) >= 11 is 0. The molecule has 4 nitrogen and oxygen atoms in total.